The monoisotopic (exact) mass is 301 g/mol. The Bertz CT molecular complexity index is 714. The van der Waals surface area contributed by atoms with Crippen LogP contribution in [0.2, 0.25) is 0 Å². The van der Waals surface area contributed by atoms with Crippen molar-refractivity contribution in [1.82, 2.24) is 4.98 Å². The van der Waals surface area contributed by atoms with Gasteiger partial charge in [-0.1, -0.05) is 37.3 Å². The molecule has 1 atom stereocenters. The Labute approximate surface area is 129 Å². The smallest absolute Gasteiger partial charge is 0.237 e. The van der Waals surface area contributed by atoms with E-state index in [1.54, 1.807) is 6.92 Å². The number of para-hydroxylation sites is 1. The number of carbonyl (C=O) groups is 1. The van der Waals surface area contributed by atoms with Gasteiger partial charge < -0.3 is 11.1 Å². The fourth-order valence-electron chi connectivity index (χ4n) is 2.12. The summed E-state index contributed by atoms with van der Waals surface area (Å²) in [7, 11) is 0. The average Bonchev–Trinajstić information content (AvgIpc) is 2.45. The number of hydrogen-bond acceptors (Lipinski definition) is 3. The average molecular weight is 301 g/mol. The molecule has 0 saturated carbocycles. The van der Waals surface area contributed by atoms with Gasteiger partial charge in [0.15, 0.2) is 0 Å². The van der Waals surface area contributed by atoms with Crippen molar-refractivity contribution < 1.29 is 4.79 Å². The summed E-state index contributed by atoms with van der Waals surface area (Å²) in [4.78, 5) is 17.2. The van der Waals surface area contributed by atoms with E-state index in [0.717, 1.165) is 22.3 Å². The van der Waals surface area contributed by atoms with Gasteiger partial charge in [0.05, 0.1) is 21.6 Å². The highest BCUT2D eigenvalue weighted by Crippen LogP contribution is 2.27. The van der Waals surface area contributed by atoms with Crippen LogP contribution < -0.4 is 11.1 Å². The normalized spacial score (nSPS) is 13.7. The number of hydrogen-bond donors (Lipinski definition) is 2. The van der Waals surface area contributed by atoms with Crippen LogP contribution in [0.3, 0.4) is 0 Å². The summed E-state index contributed by atoms with van der Waals surface area (Å²) < 4.78 is 0. The van der Waals surface area contributed by atoms with Crippen molar-refractivity contribution in [2.45, 2.75) is 27.2 Å². The Kier molecular flexibility index (Phi) is 4.23. The summed E-state index contributed by atoms with van der Waals surface area (Å²) in [6.07, 6.45) is 0.552. The lowest BCUT2D eigenvalue weighted by Crippen LogP contribution is -2.43. The van der Waals surface area contributed by atoms with Crippen molar-refractivity contribution in [3.8, 4) is 0 Å². The van der Waals surface area contributed by atoms with Crippen LogP contribution >= 0.6 is 12.2 Å². The van der Waals surface area contributed by atoms with Crippen LogP contribution in [0.25, 0.3) is 10.9 Å². The maximum absolute atomic E-state index is 12.6. The highest BCUT2D eigenvalue weighted by molar-refractivity contribution is 7.80. The predicted molar refractivity (Wildman–Crippen MR) is 90.3 cm³/mol. The van der Waals surface area contributed by atoms with E-state index in [0.29, 0.717) is 6.42 Å². The van der Waals surface area contributed by atoms with Gasteiger partial charge in [-0.05, 0) is 32.4 Å². The van der Waals surface area contributed by atoms with Gasteiger partial charge in [0.25, 0.3) is 0 Å². The van der Waals surface area contributed by atoms with Crippen LogP contribution in [0.15, 0.2) is 30.3 Å². The molecule has 0 bridgehead atoms. The number of benzene rings is 1. The second-order valence-electron chi connectivity index (χ2n) is 5.33. The molecule has 110 valence electrons. The van der Waals surface area contributed by atoms with E-state index in [4.69, 9.17) is 18.0 Å². The molecule has 0 radical (unpaired) electrons. The number of aryl methyl sites for hydroxylation is 1. The van der Waals surface area contributed by atoms with Crippen LogP contribution in [-0.4, -0.2) is 15.9 Å². The fourth-order valence-corrected chi connectivity index (χ4v) is 2.36. The van der Waals surface area contributed by atoms with Gasteiger partial charge in [-0.15, -0.1) is 0 Å². The highest BCUT2D eigenvalue weighted by Gasteiger charge is 2.34. The van der Waals surface area contributed by atoms with Crippen LogP contribution in [-0.2, 0) is 4.79 Å². The molecule has 2 rings (SSSR count). The highest BCUT2D eigenvalue weighted by atomic mass is 32.1. The Morgan fingerprint density at radius 2 is 2.10 bits per heavy atom. The number of thiocarbonyl (C=S) groups is 1. The molecule has 0 aliphatic rings. The van der Waals surface area contributed by atoms with Crippen molar-refractivity contribution in [2.24, 2.45) is 11.1 Å². The molecule has 1 unspecified atom stereocenters. The zero-order valence-corrected chi connectivity index (χ0v) is 13.3. The Morgan fingerprint density at radius 3 is 2.71 bits per heavy atom. The van der Waals surface area contributed by atoms with Crippen LogP contribution in [0.5, 0.6) is 0 Å². The summed E-state index contributed by atoms with van der Waals surface area (Å²) in [5.74, 6) is -0.187. The second-order valence-corrected chi connectivity index (χ2v) is 5.77. The van der Waals surface area contributed by atoms with E-state index in [-0.39, 0.29) is 10.9 Å². The van der Waals surface area contributed by atoms with Gasteiger partial charge >= 0.3 is 0 Å². The first-order valence-corrected chi connectivity index (χ1v) is 7.27. The van der Waals surface area contributed by atoms with Crippen molar-refractivity contribution in [3.05, 3.63) is 36.0 Å². The summed E-state index contributed by atoms with van der Waals surface area (Å²) in [5, 5.41) is 3.85. The van der Waals surface area contributed by atoms with E-state index in [9.17, 15) is 4.79 Å². The van der Waals surface area contributed by atoms with Crippen LogP contribution in [0.4, 0.5) is 5.69 Å². The minimum Gasteiger partial charge on any atom is -0.392 e. The summed E-state index contributed by atoms with van der Waals surface area (Å²) in [6, 6.07) is 9.55. The molecular weight excluding hydrogens is 282 g/mol. The number of fused-ring (bicyclic) bond motifs is 1. The first kappa shape index (κ1) is 15.4. The number of carbonyl (C=O) groups excluding carboxylic acids is 1. The quantitative estimate of drug-likeness (QED) is 0.851. The number of nitrogens with zero attached hydrogens (tertiary/aromatic N) is 1. The lowest BCUT2D eigenvalue weighted by atomic mass is 9.86. The first-order valence-electron chi connectivity index (χ1n) is 6.86. The molecule has 1 heterocycles. The van der Waals surface area contributed by atoms with Gasteiger partial charge in [0.2, 0.25) is 5.91 Å². The number of anilines is 1. The van der Waals surface area contributed by atoms with E-state index in [2.05, 4.69) is 10.3 Å². The Balaban J connectivity index is 2.44. The molecule has 0 spiro atoms. The number of amides is 1. The van der Waals surface area contributed by atoms with Gasteiger partial charge in [-0.2, -0.15) is 0 Å². The zero-order valence-electron chi connectivity index (χ0n) is 12.4. The topological polar surface area (TPSA) is 68.0 Å². The minimum atomic E-state index is -0.854. The molecule has 21 heavy (non-hydrogen) atoms. The molecule has 1 aromatic carbocycles. The first-order chi connectivity index (χ1) is 9.88. The molecule has 0 fully saturated rings. The number of aromatic nitrogens is 1. The maximum atomic E-state index is 12.6. The molecule has 5 heteroatoms. The Morgan fingerprint density at radius 1 is 1.43 bits per heavy atom. The Hall–Kier alpha value is -2.01. The fraction of sp³-hybridized carbons (Fsp3) is 0.312. The summed E-state index contributed by atoms with van der Waals surface area (Å²) in [5.41, 5.74) is 7.31. The molecule has 1 aromatic heterocycles. The maximum Gasteiger partial charge on any atom is 0.237 e. The number of rotatable bonds is 4. The molecule has 4 nitrogen and oxygen atoms in total. The van der Waals surface area contributed by atoms with E-state index >= 15 is 0 Å². The van der Waals surface area contributed by atoms with Crippen molar-refractivity contribution in [1.29, 1.82) is 0 Å². The van der Waals surface area contributed by atoms with Crippen molar-refractivity contribution in [2.75, 3.05) is 5.32 Å². The third kappa shape index (κ3) is 2.88. The van der Waals surface area contributed by atoms with Gasteiger partial charge in [-0.3, -0.25) is 9.78 Å². The molecule has 0 saturated heterocycles. The summed E-state index contributed by atoms with van der Waals surface area (Å²) >= 11 is 5.05. The second kappa shape index (κ2) is 5.77. The third-order valence-corrected chi connectivity index (χ3v) is 4.30. The summed E-state index contributed by atoms with van der Waals surface area (Å²) in [6.45, 7) is 5.56. The minimum absolute atomic E-state index is 0.187. The molecule has 2 aromatic rings. The largest absolute Gasteiger partial charge is 0.392 e. The van der Waals surface area contributed by atoms with Crippen LogP contribution in [0.1, 0.15) is 26.0 Å². The van der Waals surface area contributed by atoms with Gasteiger partial charge in [-0.25, -0.2) is 0 Å². The number of nitrogens with two attached hydrogens (primary N) is 1. The SMILES string of the molecule is CCC(C)(C(=O)Nc1cc(C)nc2ccccc12)C(N)=S. The molecule has 3 N–H and O–H groups in total. The predicted octanol–water partition coefficient (Wildman–Crippen LogP) is 3.18. The van der Waals surface area contributed by atoms with E-state index < -0.39 is 5.41 Å². The van der Waals surface area contributed by atoms with E-state index in [1.807, 2.05) is 44.2 Å². The molecule has 0 aliphatic heterocycles. The van der Waals surface area contributed by atoms with Gasteiger partial charge in [0, 0.05) is 11.1 Å². The van der Waals surface area contributed by atoms with Gasteiger partial charge in [0.1, 0.15) is 0 Å². The molecule has 0 aliphatic carbocycles. The lowest BCUT2D eigenvalue weighted by molar-refractivity contribution is -0.121. The van der Waals surface area contributed by atoms with Crippen molar-refractivity contribution in [3.63, 3.8) is 0 Å². The zero-order chi connectivity index (χ0) is 15.6. The number of nitrogens with one attached hydrogen (secondary N) is 1. The van der Waals surface area contributed by atoms with Crippen LogP contribution in [0, 0.1) is 12.3 Å². The van der Waals surface area contributed by atoms with E-state index in [1.165, 1.54) is 0 Å². The number of pyridine rings is 1. The molecule has 1 amide bonds. The third-order valence-electron chi connectivity index (χ3n) is 3.84. The standard InChI is InChI=1S/C16H19N3OS/c1-4-16(3,14(17)21)15(20)19-13-9-10(2)18-12-8-6-5-7-11(12)13/h5-9H,4H2,1-3H3,(H2,17,21)(H,18,19,20). The lowest BCUT2D eigenvalue weighted by Gasteiger charge is -2.25. The molecular formula is C16H19N3OS. The van der Waals surface area contributed by atoms with Crippen molar-refractivity contribution >= 4 is 39.7 Å².